The fourth-order valence-corrected chi connectivity index (χ4v) is 3.55. The fraction of sp³-hybridized carbons (Fsp3) is 0.842. The van der Waals surface area contributed by atoms with Crippen molar-refractivity contribution in [3.8, 4) is 0 Å². The van der Waals surface area contributed by atoms with E-state index in [1.807, 2.05) is 59.3 Å². The van der Waals surface area contributed by atoms with Crippen LogP contribution in [0.1, 0.15) is 61.3 Å². The quantitative estimate of drug-likeness (QED) is 0.711. The highest BCUT2D eigenvalue weighted by atomic mass is 16.7. The van der Waals surface area contributed by atoms with E-state index in [1.165, 1.54) is 6.42 Å². The van der Waals surface area contributed by atoms with Gasteiger partial charge in [0.05, 0.1) is 17.2 Å². The highest BCUT2D eigenvalue weighted by molar-refractivity contribution is 6.51. The molecule has 6 heteroatoms. The summed E-state index contributed by atoms with van der Waals surface area (Å²) in [5.41, 5.74) is -1.17. The molecule has 2 heterocycles. The standard InChI is InChI=1S/C19H32BNO4/c1-17(2,3)23-16(22)21-12-14-10-13(14)11-15(21)8-9-20-24-18(4,5)19(6,7)25-20/h8-9,13-15H,10-12H2,1-7H3. The van der Waals surface area contributed by atoms with Gasteiger partial charge in [-0.15, -0.1) is 0 Å². The normalized spacial score (nSPS) is 33.5. The lowest BCUT2D eigenvalue weighted by atomic mass is 9.87. The second-order valence-corrected chi connectivity index (χ2v) is 9.70. The van der Waals surface area contributed by atoms with E-state index in [0.717, 1.165) is 18.9 Å². The van der Waals surface area contributed by atoms with E-state index in [0.29, 0.717) is 5.92 Å². The predicted octanol–water partition coefficient (Wildman–Crippen LogP) is 3.82. The molecule has 3 unspecified atom stereocenters. The summed E-state index contributed by atoms with van der Waals surface area (Å²) in [5.74, 6) is 3.35. The zero-order valence-corrected chi connectivity index (χ0v) is 16.7. The van der Waals surface area contributed by atoms with Crippen molar-refractivity contribution in [2.24, 2.45) is 11.8 Å². The van der Waals surface area contributed by atoms with Crippen LogP contribution in [0, 0.1) is 11.8 Å². The van der Waals surface area contributed by atoms with Crippen LogP contribution in [0.2, 0.25) is 0 Å². The van der Waals surface area contributed by atoms with E-state index in [-0.39, 0.29) is 30.5 Å². The van der Waals surface area contributed by atoms with Crippen molar-refractivity contribution < 1.29 is 18.8 Å². The number of fused-ring (bicyclic) bond motifs is 1. The molecular formula is C19H32BNO4. The number of piperidine rings is 1. The van der Waals surface area contributed by atoms with E-state index in [4.69, 9.17) is 14.0 Å². The molecule has 1 saturated carbocycles. The minimum atomic E-state index is -0.475. The summed E-state index contributed by atoms with van der Waals surface area (Å²) in [6, 6.07) is 0.0534. The molecule has 2 saturated heterocycles. The van der Waals surface area contributed by atoms with E-state index in [9.17, 15) is 4.79 Å². The fourth-order valence-electron chi connectivity index (χ4n) is 3.55. The summed E-state index contributed by atoms with van der Waals surface area (Å²) in [4.78, 5) is 14.5. The molecule has 0 N–H and O–H groups in total. The first-order valence-electron chi connectivity index (χ1n) is 9.41. The van der Waals surface area contributed by atoms with Crippen LogP contribution < -0.4 is 0 Å². The first kappa shape index (κ1) is 18.8. The van der Waals surface area contributed by atoms with E-state index >= 15 is 0 Å². The molecule has 0 radical (unpaired) electrons. The lowest BCUT2D eigenvalue weighted by Gasteiger charge is -2.35. The minimum absolute atomic E-state index is 0.0534. The van der Waals surface area contributed by atoms with Crippen molar-refractivity contribution in [3.63, 3.8) is 0 Å². The number of likely N-dealkylation sites (tertiary alicyclic amines) is 1. The van der Waals surface area contributed by atoms with Gasteiger partial charge in [0, 0.05) is 6.54 Å². The lowest BCUT2D eigenvalue weighted by Crippen LogP contribution is -2.46. The van der Waals surface area contributed by atoms with Gasteiger partial charge in [-0.1, -0.05) is 12.1 Å². The van der Waals surface area contributed by atoms with Gasteiger partial charge in [-0.25, -0.2) is 4.79 Å². The maximum atomic E-state index is 12.6. The van der Waals surface area contributed by atoms with Gasteiger partial charge >= 0.3 is 13.2 Å². The maximum absolute atomic E-state index is 12.6. The first-order chi connectivity index (χ1) is 11.4. The van der Waals surface area contributed by atoms with Crippen LogP contribution in [0.15, 0.2) is 12.1 Å². The van der Waals surface area contributed by atoms with Crippen LogP contribution in [0.4, 0.5) is 4.79 Å². The predicted molar refractivity (Wildman–Crippen MR) is 98.2 cm³/mol. The molecule has 3 fully saturated rings. The van der Waals surface area contributed by atoms with E-state index in [2.05, 4.69) is 6.08 Å². The Morgan fingerprint density at radius 3 is 2.28 bits per heavy atom. The van der Waals surface area contributed by atoms with Gasteiger partial charge in [-0.3, -0.25) is 0 Å². The van der Waals surface area contributed by atoms with Crippen molar-refractivity contribution in [1.29, 1.82) is 0 Å². The third-order valence-electron chi connectivity index (χ3n) is 5.83. The minimum Gasteiger partial charge on any atom is -0.444 e. The largest absolute Gasteiger partial charge is 0.486 e. The number of carbonyl (C=O) groups excluding carboxylic acids is 1. The molecule has 25 heavy (non-hydrogen) atoms. The van der Waals surface area contributed by atoms with Crippen molar-refractivity contribution >= 4 is 13.2 Å². The van der Waals surface area contributed by atoms with Gasteiger partial charge in [0.15, 0.2) is 0 Å². The zero-order chi connectivity index (χ0) is 18.6. The lowest BCUT2D eigenvalue weighted by molar-refractivity contribution is 0.00578. The number of ether oxygens (including phenoxy) is 1. The molecule has 1 amide bonds. The molecule has 3 aliphatic rings. The van der Waals surface area contributed by atoms with Gasteiger partial charge in [-0.2, -0.15) is 0 Å². The Hall–Kier alpha value is -1.01. The summed E-state index contributed by atoms with van der Waals surface area (Å²) in [6.07, 6.45) is 4.07. The second-order valence-electron chi connectivity index (χ2n) is 9.70. The van der Waals surface area contributed by atoms with Gasteiger partial charge < -0.3 is 18.9 Å². The molecule has 0 aromatic rings. The third kappa shape index (κ3) is 4.06. The molecule has 1 aliphatic carbocycles. The number of carbonyl (C=O) groups is 1. The van der Waals surface area contributed by atoms with E-state index in [1.54, 1.807) is 0 Å². The highest BCUT2D eigenvalue weighted by Crippen LogP contribution is 2.47. The van der Waals surface area contributed by atoms with Crippen LogP contribution in [0.25, 0.3) is 0 Å². The summed E-state index contributed by atoms with van der Waals surface area (Å²) < 4.78 is 17.7. The average Bonchev–Trinajstić information content (AvgIpc) is 3.14. The van der Waals surface area contributed by atoms with Gasteiger partial charge in [0.25, 0.3) is 0 Å². The number of amides is 1. The van der Waals surface area contributed by atoms with Crippen LogP contribution in [0.5, 0.6) is 0 Å². The molecule has 5 nitrogen and oxygen atoms in total. The van der Waals surface area contributed by atoms with Gasteiger partial charge in [-0.05, 0) is 73.1 Å². The number of hydrogen-bond donors (Lipinski definition) is 0. The second kappa shape index (κ2) is 6.02. The average molecular weight is 349 g/mol. The SMILES string of the molecule is CC(C)(C)OC(=O)N1CC2CC2CC1C=CB1OC(C)(C)C(C)(C)O1. The van der Waals surface area contributed by atoms with Gasteiger partial charge in [0.1, 0.15) is 5.60 Å². The van der Waals surface area contributed by atoms with Crippen LogP contribution in [0.3, 0.4) is 0 Å². The molecule has 3 atom stereocenters. The first-order valence-corrected chi connectivity index (χ1v) is 9.41. The molecule has 0 spiro atoms. The molecule has 3 rings (SSSR count). The van der Waals surface area contributed by atoms with Gasteiger partial charge in [0.2, 0.25) is 0 Å². The number of hydrogen-bond acceptors (Lipinski definition) is 4. The highest BCUT2D eigenvalue weighted by Gasteiger charge is 2.51. The summed E-state index contributed by atoms with van der Waals surface area (Å²) in [7, 11) is -0.373. The van der Waals surface area contributed by atoms with E-state index < -0.39 is 5.60 Å². The summed E-state index contributed by atoms with van der Waals surface area (Å²) in [6.45, 7) is 14.7. The molecule has 0 aromatic heterocycles. The zero-order valence-electron chi connectivity index (χ0n) is 16.7. The Morgan fingerprint density at radius 2 is 1.72 bits per heavy atom. The van der Waals surface area contributed by atoms with Crippen molar-refractivity contribution in [2.45, 2.75) is 84.2 Å². The van der Waals surface area contributed by atoms with Crippen LogP contribution in [-0.4, -0.2) is 47.5 Å². The van der Waals surface area contributed by atoms with Crippen molar-refractivity contribution in [2.75, 3.05) is 6.54 Å². The molecular weight excluding hydrogens is 317 g/mol. The van der Waals surface area contributed by atoms with Crippen molar-refractivity contribution in [1.82, 2.24) is 4.90 Å². The Labute approximate surface area is 152 Å². The Balaban J connectivity index is 1.68. The Morgan fingerprint density at radius 1 is 1.12 bits per heavy atom. The maximum Gasteiger partial charge on any atom is 0.486 e. The Kier molecular flexibility index (Phi) is 4.52. The summed E-state index contributed by atoms with van der Waals surface area (Å²) >= 11 is 0. The molecule has 140 valence electrons. The van der Waals surface area contributed by atoms with Crippen LogP contribution >= 0.6 is 0 Å². The summed E-state index contributed by atoms with van der Waals surface area (Å²) in [5, 5.41) is 0. The monoisotopic (exact) mass is 349 g/mol. The topological polar surface area (TPSA) is 48.0 Å². The third-order valence-corrected chi connectivity index (χ3v) is 5.83. The molecule has 0 aromatic carbocycles. The molecule has 2 aliphatic heterocycles. The van der Waals surface area contributed by atoms with Crippen molar-refractivity contribution in [3.05, 3.63) is 12.1 Å². The number of rotatable bonds is 2. The smallest absolute Gasteiger partial charge is 0.444 e. The van der Waals surface area contributed by atoms with Crippen LogP contribution in [-0.2, 0) is 14.0 Å². The Bertz CT molecular complexity index is 550. The number of nitrogens with zero attached hydrogens (tertiary/aromatic N) is 1. The molecule has 0 bridgehead atoms.